The number of carbonyl (C=O) groups is 1. The van der Waals surface area contributed by atoms with Crippen LogP contribution in [0.2, 0.25) is 0 Å². The van der Waals surface area contributed by atoms with Crippen LogP contribution in [0.15, 0.2) is 65.2 Å². The topological polar surface area (TPSA) is 68.0 Å². The first-order valence-corrected chi connectivity index (χ1v) is 8.38. The van der Waals surface area contributed by atoms with Gasteiger partial charge < -0.3 is 9.84 Å². The van der Waals surface area contributed by atoms with Crippen molar-refractivity contribution in [1.82, 2.24) is 15.5 Å². The van der Waals surface area contributed by atoms with Gasteiger partial charge in [0.25, 0.3) is 0 Å². The van der Waals surface area contributed by atoms with E-state index in [1.165, 1.54) is 18.2 Å². The summed E-state index contributed by atoms with van der Waals surface area (Å²) >= 11 is 0. The van der Waals surface area contributed by atoms with Gasteiger partial charge in [0.05, 0.1) is 5.56 Å². The van der Waals surface area contributed by atoms with Crippen LogP contribution < -0.4 is 5.32 Å². The standard InChI is InChI=1S/C20H16F3N3O2/c1-13(24-17(27)11-10-14-6-3-2-4-7-14)19-25-18(26-28-19)15-8-5-9-16(12-15)20(21,22)23/h2-13H,1H3,(H,24,27)/b11-10+. The Kier molecular flexibility index (Phi) is 5.58. The Hall–Kier alpha value is -3.42. The normalized spacial score (nSPS) is 12.9. The second-order valence-electron chi connectivity index (χ2n) is 6.01. The van der Waals surface area contributed by atoms with Gasteiger partial charge in [-0.25, -0.2) is 0 Å². The molecule has 0 fully saturated rings. The number of nitrogens with zero attached hydrogens (tertiary/aromatic N) is 2. The fraction of sp³-hybridized carbons (Fsp3) is 0.150. The van der Waals surface area contributed by atoms with E-state index in [-0.39, 0.29) is 23.2 Å². The molecule has 0 aliphatic rings. The van der Waals surface area contributed by atoms with Gasteiger partial charge in [-0.1, -0.05) is 47.6 Å². The van der Waals surface area contributed by atoms with E-state index >= 15 is 0 Å². The molecule has 1 heterocycles. The molecule has 1 atom stereocenters. The highest BCUT2D eigenvalue weighted by atomic mass is 19.4. The molecular weight excluding hydrogens is 371 g/mol. The molecule has 1 unspecified atom stereocenters. The van der Waals surface area contributed by atoms with Crippen LogP contribution in [0.3, 0.4) is 0 Å². The predicted octanol–water partition coefficient (Wildman–Crippen LogP) is 4.65. The van der Waals surface area contributed by atoms with Crippen LogP contribution in [0.1, 0.15) is 30.0 Å². The lowest BCUT2D eigenvalue weighted by molar-refractivity contribution is -0.137. The Balaban J connectivity index is 1.68. The summed E-state index contributed by atoms with van der Waals surface area (Å²) in [6.07, 6.45) is -1.44. The number of aromatic nitrogens is 2. The van der Waals surface area contributed by atoms with E-state index in [0.717, 1.165) is 17.7 Å². The zero-order chi connectivity index (χ0) is 20.1. The van der Waals surface area contributed by atoms with Gasteiger partial charge in [-0.3, -0.25) is 4.79 Å². The molecule has 5 nitrogen and oxygen atoms in total. The second kappa shape index (κ2) is 8.08. The fourth-order valence-corrected chi connectivity index (χ4v) is 2.42. The Morgan fingerprint density at radius 1 is 1.14 bits per heavy atom. The summed E-state index contributed by atoms with van der Waals surface area (Å²) in [5.74, 6) is -0.258. The zero-order valence-electron chi connectivity index (χ0n) is 14.8. The van der Waals surface area contributed by atoms with Crippen LogP contribution in [-0.2, 0) is 11.0 Å². The molecule has 0 saturated carbocycles. The summed E-state index contributed by atoms with van der Waals surface area (Å²) in [6.45, 7) is 1.64. The smallest absolute Gasteiger partial charge is 0.341 e. The second-order valence-corrected chi connectivity index (χ2v) is 6.01. The molecule has 0 aliphatic heterocycles. The van der Waals surface area contributed by atoms with Gasteiger partial charge in [0.2, 0.25) is 17.6 Å². The molecule has 1 aromatic heterocycles. The molecule has 0 spiro atoms. The summed E-state index contributed by atoms with van der Waals surface area (Å²) in [4.78, 5) is 16.1. The number of hydrogen-bond acceptors (Lipinski definition) is 4. The first-order chi connectivity index (χ1) is 13.3. The average molecular weight is 387 g/mol. The quantitative estimate of drug-likeness (QED) is 0.648. The summed E-state index contributed by atoms with van der Waals surface area (Å²) in [5.41, 5.74) is 0.242. The van der Waals surface area contributed by atoms with Crippen molar-refractivity contribution >= 4 is 12.0 Å². The van der Waals surface area contributed by atoms with Crippen molar-refractivity contribution in [2.75, 3.05) is 0 Å². The molecule has 0 saturated heterocycles. The number of carbonyl (C=O) groups excluding carboxylic acids is 1. The maximum Gasteiger partial charge on any atom is 0.416 e. The summed E-state index contributed by atoms with van der Waals surface area (Å²) in [7, 11) is 0. The van der Waals surface area contributed by atoms with Crippen LogP contribution in [0.25, 0.3) is 17.5 Å². The van der Waals surface area contributed by atoms with E-state index in [9.17, 15) is 18.0 Å². The maximum absolute atomic E-state index is 12.8. The van der Waals surface area contributed by atoms with Crippen molar-refractivity contribution in [1.29, 1.82) is 0 Å². The Morgan fingerprint density at radius 3 is 2.61 bits per heavy atom. The van der Waals surface area contributed by atoms with Crippen molar-refractivity contribution in [3.8, 4) is 11.4 Å². The van der Waals surface area contributed by atoms with Crippen molar-refractivity contribution in [2.45, 2.75) is 19.1 Å². The predicted molar refractivity (Wildman–Crippen MR) is 96.8 cm³/mol. The van der Waals surface area contributed by atoms with E-state index in [4.69, 9.17) is 4.52 Å². The Labute approximate surface area is 158 Å². The van der Waals surface area contributed by atoms with Gasteiger partial charge >= 0.3 is 6.18 Å². The number of benzene rings is 2. The molecule has 0 radical (unpaired) electrons. The van der Waals surface area contributed by atoms with Crippen molar-refractivity contribution in [2.24, 2.45) is 0 Å². The number of alkyl halides is 3. The molecule has 28 heavy (non-hydrogen) atoms. The lowest BCUT2D eigenvalue weighted by Gasteiger charge is -2.07. The van der Waals surface area contributed by atoms with Gasteiger partial charge in [0.1, 0.15) is 6.04 Å². The highest BCUT2D eigenvalue weighted by molar-refractivity contribution is 5.91. The van der Waals surface area contributed by atoms with Crippen LogP contribution >= 0.6 is 0 Å². The van der Waals surface area contributed by atoms with Crippen molar-refractivity contribution in [3.63, 3.8) is 0 Å². The molecule has 3 rings (SSSR count). The Morgan fingerprint density at radius 2 is 1.89 bits per heavy atom. The highest BCUT2D eigenvalue weighted by Crippen LogP contribution is 2.31. The zero-order valence-corrected chi connectivity index (χ0v) is 14.8. The molecule has 1 amide bonds. The van der Waals surface area contributed by atoms with Crippen LogP contribution in [0.4, 0.5) is 13.2 Å². The first-order valence-electron chi connectivity index (χ1n) is 8.38. The first kappa shape index (κ1) is 19.3. The third-order valence-electron chi connectivity index (χ3n) is 3.85. The van der Waals surface area contributed by atoms with E-state index < -0.39 is 17.8 Å². The number of nitrogens with one attached hydrogen (secondary N) is 1. The molecular formula is C20H16F3N3O2. The molecule has 0 aliphatic carbocycles. The molecule has 144 valence electrons. The van der Waals surface area contributed by atoms with E-state index in [2.05, 4.69) is 15.5 Å². The fourth-order valence-electron chi connectivity index (χ4n) is 2.42. The largest absolute Gasteiger partial charge is 0.416 e. The Bertz CT molecular complexity index is 982. The third kappa shape index (κ3) is 4.85. The minimum atomic E-state index is -4.46. The maximum atomic E-state index is 12.8. The van der Waals surface area contributed by atoms with E-state index in [1.807, 2.05) is 30.3 Å². The van der Waals surface area contributed by atoms with Gasteiger partial charge in [-0.15, -0.1) is 0 Å². The monoisotopic (exact) mass is 387 g/mol. The third-order valence-corrected chi connectivity index (χ3v) is 3.85. The molecule has 8 heteroatoms. The number of halogens is 3. The molecule has 3 aromatic rings. The highest BCUT2D eigenvalue weighted by Gasteiger charge is 2.30. The number of rotatable bonds is 5. The van der Waals surface area contributed by atoms with Gasteiger partial charge in [0, 0.05) is 11.6 Å². The summed E-state index contributed by atoms with van der Waals surface area (Å²) in [5, 5.41) is 6.37. The van der Waals surface area contributed by atoms with Crippen molar-refractivity contribution in [3.05, 3.63) is 77.7 Å². The van der Waals surface area contributed by atoms with Gasteiger partial charge in [-0.2, -0.15) is 18.2 Å². The van der Waals surface area contributed by atoms with Crippen LogP contribution in [0, 0.1) is 0 Å². The van der Waals surface area contributed by atoms with Crippen LogP contribution in [-0.4, -0.2) is 16.0 Å². The molecule has 0 bridgehead atoms. The van der Waals surface area contributed by atoms with Gasteiger partial charge in [0.15, 0.2) is 0 Å². The van der Waals surface area contributed by atoms with E-state index in [1.54, 1.807) is 13.0 Å². The lowest BCUT2D eigenvalue weighted by atomic mass is 10.1. The molecule has 2 aromatic carbocycles. The number of hydrogen-bond donors (Lipinski definition) is 1. The average Bonchev–Trinajstić information content (AvgIpc) is 3.17. The minimum absolute atomic E-state index is 0.0158. The SMILES string of the molecule is CC(NC(=O)/C=C/c1ccccc1)c1nc(-c2cccc(C(F)(F)F)c2)no1. The lowest BCUT2D eigenvalue weighted by Crippen LogP contribution is -2.24. The molecule has 1 N–H and O–H groups in total. The number of amides is 1. The minimum Gasteiger partial charge on any atom is -0.341 e. The van der Waals surface area contributed by atoms with Crippen molar-refractivity contribution < 1.29 is 22.5 Å². The van der Waals surface area contributed by atoms with E-state index in [0.29, 0.717) is 0 Å². The summed E-state index contributed by atoms with van der Waals surface area (Å²) < 4.78 is 43.6. The van der Waals surface area contributed by atoms with Crippen LogP contribution in [0.5, 0.6) is 0 Å². The summed E-state index contributed by atoms with van der Waals surface area (Å²) in [6, 6.07) is 13.3. The van der Waals surface area contributed by atoms with Gasteiger partial charge in [-0.05, 0) is 30.7 Å².